The number of rotatable bonds is 5. The summed E-state index contributed by atoms with van der Waals surface area (Å²) >= 11 is 3.31. The molecule has 2 aromatic carbocycles. The number of carbonyl (C=O) groups excluding carboxylic acids is 1. The molecular formula is C19H21BrFN3O3S. The molecule has 1 fully saturated rings. The van der Waals surface area contributed by atoms with Crippen molar-refractivity contribution in [2.24, 2.45) is 0 Å². The van der Waals surface area contributed by atoms with Crippen molar-refractivity contribution in [2.75, 3.05) is 48.2 Å². The van der Waals surface area contributed by atoms with Crippen LogP contribution in [0.1, 0.15) is 0 Å². The lowest BCUT2D eigenvalue weighted by atomic mass is 10.2. The number of piperazine rings is 1. The summed E-state index contributed by atoms with van der Waals surface area (Å²) in [5.41, 5.74) is 0.950. The highest BCUT2D eigenvalue weighted by atomic mass is 79.9. The number of nitrogens with zero attached hydrogens (tertiary/aromatic N) is 3. The molecule has 2 aromatic rings. The lowest BCUT2D eigenvalue weighted by molar-refractivity contribution is -0.129. The van der Waals surface area contributed by atoms with Crippen molar-refractivity contribution in [3.8, 4) is 0 Å². The molecule has 6 nitrogen and oxygen atoms in total. The third-order valence-electron chi connectivity index (χ3n) is 4.62. The molecule has 1 aliphatic rings. The standard InChI is InChI=1S/C19H21BrFN3O3S/c1-28(26,27)24(16-8-6-15(20)7-9-16)14-19(25)23-12-10-22(11-13-23)18-5-3-2-4-17(18)21/h2-9H,10-14H2,1H3. The molecule has 1 aliphatic heterocycles. The van der Waals surface area contributed by atoms with Crippen LogP contribution in [0.3, 0.4) is 0 Å². The Morgan fingerprint density at radius 3 is 2.25 bits per heavy atom. The Balaban J connectivity index is 1.67. The van der Waals surface area contributed by atoms with Gasteiger partial charge in [-0.2, -0.15) is 0 Å². The fourth-order valence-electron chi connectivity index (χ4n) is 3.14. The van der Waals surface area contributed by atoms with Crippen LogP contribution in [0.2, 0.25) is 0 Å². The van der Waals surface area contributed by atoms with Crippen molar-refractivity contribution in [2.45, 2.75) is 0 Å². The van der Waals surface area contributed by atoms with E-state index >= 15 is 0 Å². The number of anilines is 2. The number of hydrogen-bond donors (Lipinski definition) is 0. The van der Waals surface area contributed by atoms with Crippen LogP contribution in [0.5, 0.6) is 0 Å². The van der Waals surface area contributed by atoms with Crippen LogP contribution >= 0.6 is 15.9 Å². The molecule has 0 bridgehead atoms. The number of halogens is 2. The molecule has 0 N–H and O–H groups in total. The van der Waals surface area contributed by atoms with E-state index in [1.54, 1.807) is 47.4 Å². The summed E-state index contributed by atoms with van der Waals surface area (Å²) < 4.78 is 40.3. The summed E-state index contributed by atoms with van der Waals surface area (Å²) in [4.78, 5) is 16.2. The highest BCUT2D eigenvalue weighted by Gasteiger charge is 2.27. The van der Waals surface area contributed by atoms with Crippen LogP contribution in [-0.2, 0) is 14.8 Å². The number of amides is 1. The monoisotopic (exact) mass is 469 g/mol. The van der Waals surface area contributed by atoms with E-state index in [-0.39, 0.29) is 18.3 Å². The largest absolute Gasteiger partial charge is 0.366 e. The van der Waals surface area contributed by atoms with Crippen LogP contribution in [-0.4, -0.2) is 58.2 Å². The van der Waals surface area contributed by atoms with Crippen LogP contribution in [0, 0.1) is 5.82 Å². The smallest absolute Gasteiger partial charge is 0.243 e. The molecule has 1 amide bonds. The summed E-state index contributed by atoms with van der Waals surface area (Å²) in [7, 11) is -3.61. The molecule has 0 atom stereocenters. The molecular weight excluding hydrogens is 449 g/mol. The van der Waals surface area contributed by atoms with E-state index in [9.17, 15) is 17.6 Å². The van der Waals surface area contributed by atoms with E-state index in [0.29, 0.717) is 37.6 Å². The predicted molar refractivity (Wildman–Crippen MR) is 112 cm³/mol. The summed E-state index contributed by atoms with van der Waals surface area (Å²) in [5.74, 6) is -0.567. The molecule has 0 spiro atoms. The van der Waals surface area contributed by atoms with Gasteiger partial charge in [-0.05, 0) is 36.4 Å². The first kappa shape index (κ1) is 20.6. The average Bonchev–Trinajstić information content (AvgIpc) is 2.66. The van der Waals surface area contributed by atoms with Crippen molar-refractivity contribution >= 4 is 43.2 Å². The van der Waals surface area contributed by atoms with E-state index < -0.39 is 10.0 Å². The molecule has 3 rings (SSSR count). The third kappa shape index (κ3) is 4.82. The van der Waals surface area contributed by atoms with E-state index in [2.05, 4.69) is 15.9 Å². The van der Waals surface area contributed by atoms with Gasteiger partial charge in [0.2, 0.25) is 15.9 Å². The number of sulfonamides is 1. The maximum atomic E-state index is 14.0. The van der Waals surface area contributed by atoms with Gasteiger partial charge in [0, 0.05) is 30.7 Å². The fourth-order valence-corrected chi connectivity index (χ4v) is 4.25. The highest BCUT2D eigenvalue weighted by Crippen LogP contribution is 2.22. The Morgan fingerprint density at radius 1 is 1.07 bits per heavy atom. The molecule has 1 heterocycles. The van der Waals surface area contributed by atoms with Crippen molar-refractivity contribution in [1.82, 2.24) is 4.90 Å². The van der Waals surface area contributed by atoms with Crippen LogP contribution in [0.15, 0.2) is 53.0 Å². The van der Waals surface area contributed by atoms with Crippen molar-refractivity contribution in [3.05, 3.63) is 58.8 Å². The zero-order valence-corrected chi connectivity index (χ0v) is 17.8. The number of para-hydroxylation sites is 1. The van der Waals surface area contributed by atoms with Gasteiger partial charge in [-0.25, -0.2) is 12.8 Å². The molecule has 28 heavy (non-hydrogen) atoms. The Kier molecular flexibility index (Phi) is 6.24. The van der Waals surface area contributed by atoms with E-state index in [0.717, 1.165) is 15.0 Å². The van der Waals surface area contributed by atoms with Gasteiger partial charge < -0.3 is 9.80 Å². The van der Waals surface area contributed by atoms with Gasteiger partial charge in [0.15, 0.2) is 0 Å². The minimum absolute atomic E-state index is 0.264. The van der Waals surface area contributed by atoms with Gasteiger partial charge in [-0.3, -0.25) is 9.10 Å². The summed E-state index contributed by atoms with van der Waals surface area (Å²) in [6.45, 7) is 1.53. The predicted octanol–water partition coefficient (Wildman–Crippen LogP) is 2.70. The molecule has 0 aromatic heterocycles. The van der Waals surface area contributed by atoms with Gasteiger partial charge in [-0.1, -0.05) is 28.1 Å². The van der Waals surface area contributed by atoms with Crippen LogP contribution < -0.4 is 9.21 Å². The second kappa shape index (κ2) is 8.48. The average molecular weight is 470 g/mol. The summed E-state index contributed by atoms with van der Waals surface area (Å²) in [6, 6.07) is 13.3. The molecule has 0 aliphatic carbocycles. The number of carbonyl (C=O) groups is 1. The highest BCUT2D eigenvalue weighted by molar-refractivity contribution is 9.10. The zero-order valence-electron chi connectivity index (χ0n) is 15.4. The normalized spacial score (nSPS) is 14.8. The molecule has 0 unspecified atom stereocenters. The summed E-state index contributed by atoms with van der Waals surface area (Å²) in [5, 5.41) is 0. The van der Waals surface area contributed by atoms with Crippen LogP contribution in [0.4, 0.5) is 15.8 Å². The molecule has 0 saturated carbocycles. The Labute approximate surface area is 172 Å². The minimum atomic E-state index is -3.61. The maximum absolute atomic E-state index is 14.0. The minimum Gasteiger partial charge on any atom is -0.366 e. The van der Waals surface area contributed by atoms with Crippen molar-refractivity contribution < 1.29 is 17.6 Å². The SMILES string of the molecule is CS(=O)(=O)N(CC(=O)N1CCN(c2ccccc2F)CC1)c1ccc(Br)cc1. The lowest BCUT2D eigenvalue weighted by Crippen LogP contribution is -2.52. The Morgan fingerprint density at radius 2 is 1.68 bits per heavy atom. The second-order valence-corrected chi connectivity index (χ2v) is 9.39. The maximum Gasteiger partial charge on any atom is 0.243 e. The lowest BCUT2D eigenvalue weighted by Gasteiger charge is -2.37. The van der Waals surface area contributed by atoms with E-state index in [1.807, 2.05) is 4.90 Å². The first-order chi connectivity index (χ1) is 13.3. The molecule has 1 saturated heterocycles. The first-order valence-corrected chi connectivity index (χ1v) is 11.4. The van der Waals surface area contributed by atoms with Gasteiger partial charge >= 0.3 is 0 Å². The molecule has 9 heteroatoms. The fraction of sp³-hybridized carbons (Fsp3) is 0.316. The molecule has 150 valence electrons. The van der Waals surface area contributed by atoms with E-state index in [4.69, 9.17) is 0 Å². The Bertz CT molecular complexity index is 945. The zero-order chi connectivity index (χ0) is 20.3. The molecule has 0 radical (unpaired) electrons. The number of hydrogen-bond acceptors (Lipinski definition) is 4. The number of benzene rings is 2. The third-order valence-corrected chi connectivity index (χ3v) is 6.29. The van der Waals surface area contributed by atoms with Crippen LogP contribution in [0.25, 0.3) is 0 Å². The quantitative estimate of drug-likeness (QED) is 0.675. The van der Waals surface area contributed by atoms with Gasteiger partial charge in [0.05, 0.1) is 17.6 Å². The Hall–Kier alpha value is -2.13. The van der Waals surface area contributed by atoms with Gasteiger partial charge in [0.1, 0.15) is 12.4 Å². The summed E-state index contributed by atoms with van der Waals surface area (Å²) in [6.07, 6.45) is 1.08. The second-order valence-electron chi connectivity index (χ2n) is 6.57. The van der Waals surface area contributed by atoms with Crippen molar-refractivity contribution in [1.29, 1.82) is 0 Å². The van der Waals surface area contributed by atoms with Crippen molar-refractivity contribution in [3.63, 3.8) is 0 Å². The van der Waals surface area contributed by atoms with Gasteiger partial charge in [0.25, 0.3) is 0 Å². The van der Waals surface area contributed by atoms with E-state index in [1.165, 1.54) is 6.07 Å². The first-order valence-electron chi connectivity index (χ1n) is 8.76. The topological polar surface area (TPSA) is 60.9 Å². The van der Waals surface area contributed by atoms with Gasteiger partial charge in [-0.15, -0.1) is 0 Å².